The van der Waals surface area contributed by atoms with Crippen LogP contribution in [0.1, 0.15) is 17.9 Å². The Bertz CT molecular complexity index is 650. The van der Waals surface area contributed by atoms with Crippen LogP contribution in [0.5, 0.6) is 0 Å². The van der Waals surface area contributed by atoms with Crippen LogP contribution in [-0.2, 0) is 9.53 Å². The number of methoxy groups -OCH3 is 1. The Morgan fingerprint density at radius 3 is 2.55 bits per heavy atom. The summed E-state index contributed by atoms with van der Waals surface area (Å²) in [5.41, 5.74) is 1.45. The Hall–Kier alpha value is -1.39. The molecule has 0 bridgehead atoms. The van der Waals surface area contributed by atoms with Gasteiger partial charge in [-0.05, 0) is 23.8 Å². The SMILES string of the molecule is CN=C(NCC1CC1c1ccccc1)N1CCN(CC(=O)NCCOC)CC1.I. The number of ether oxygens (including phenoxy) is 1. The molecule has 1 aliphatic heterocycles. The first-order valence-corrected chi connectivity index (χ1v) is 10.2. The van der Waals surface area contributed by atoms with Gasteiger partial charge in [0.05, 0.1) is 13.2 Å². The summed E-state index contributed by atoms with van der Waals surface area (Å²) in [6, 6.07) is 10.8. The lowest BCUT2D eigenvalue weighted by Crippen LogP contribution is -2.54. The van der Waals surface area contributed by atoms with Gasteiger partial charge >= 0.3 is 0 Å². The molecule has 8 heteroatoms. The summed E-state index contributed by atoms with van der Waals surface area (Å²) in [4.78, 5) is 20.9. The third-order valence-corrected chi connectivity index (χ3v) is 5.55. The first kappa shape index (κ1) is 23.9. The van der Waals surface area contributed by atoms with Gasteiger partial charge in [0.1, 0.15) is 0 Å². The lowest BCUT2D eigenvalue weighted by Gasteiger charge is -2.36. The minimum Gasteiger partial charge on any atom is -0.383 e. The molecule has 1 amide bonds. The Kier molecular flexibility index (Phi) is 10.2. The van der Waals surface area contributed by atoms with Gasteiger partial charge in [-0.1, -0.05) is 30.3 Å². The summed E-state index contributed by atoms with van der Waals surface area (Å²) in [6.45, 7) is 6.04. The van der Waals surface area contributed by atoms with Gasteiger partial charge in [0, 0.05) is 53.4 Å². The standard InChI is InChI=1S/C21H33N5O2.HI/c1-22-21(24-15-18-14-19(18)17-6-4-3-5-7-17)26-11-9-25(10-12-26)16-20(27)23-8-13-28-2;/h3-7,18-19H,8-16H2,1-2H3,(H,22,24)(H,23,27);1H. The lowest BCUT2D eigenvalue weighted by molar-refractivity contribution is -0.122. The fourth-order valence-corrected chi connectivity index (χ4v) is 3.81. The van der Waals surface area contributed by atoms with Crippen LogP contribution in [0, 0.1) is 5.92 Å². The summed E-state index contributed by atoms with van der Waals surface area (Å²) in [5.74, 6) is 2.41. The minimum atomic E-state index is 0. The van der Waals surface area contributed by atoms with Crippen molar-refractivity contribution < 1.29 is 9.53 Å². The fraction of sp³-hybridized carbons (Fsp3) is 0.619. The Morgan fingerprint density at radius 1 is 1.17 bits per heavy atom. The van der Waals surface area contributed by atoms with Crippen molar-refractivity contribution in [2.45, 2.75) is 12.3 Å². The van der Waals surface area contributed by atoms with Crippen LogP contribution in [0.15, 0.2) is 35.3 Å². The van der Waals surface area contributed by atoms with Crippen LogP contribution in [-0.4, -0.2) is 88.2 Å². The van der Waals surface area contributed by atoms with Crippen molar-refractivity contribution in [1.82, 2.24) is 20.4 Å². The van der Waals surface area contributed by atoms with E-state index in [2.05, 4.69) is 55.8 Å². The molecule has 7 nitrogen and oxygen atoms in total. The second-order valence-corrected chi connectivity index (χ2v) is 7.55. The first-order valence-electron chi connectivity index (χ1n) is 10.2. The lowest BCUT2D eigenvalue weighted by atomic mass is 10.1. The molecule has 0 radical (unpaired) electrons. The molecule has 1 aromatic rings. The summed E-state index contributed by atoms with van der Waals surface area (Å²) in [6.07, 6.45) is 1.25. The minimum absolute atomic E-state index is 0. The largest absolute Gasteiger partial charge is 0.383 e. The molecule has 2 N–H and O–H groups in total. The summed E-state index contributed by atoms with van der Waals surface area (Å²) in [7, 11) is 3.48. The number of carbonyl (C=O) groups excluding carboxylic acids is 1. The first-order chi connectivity index (χ1) is 13.7. The third-order valence-electron chi connectivity index (χ3n) is 5.55. The van der Waals surface area contributed by atoms with Crippen molar-refractivity contribution in [3.63, 3.8) is 0 Å². The highest BCUT2D eigenvalue weighted by Crippen LogP contribution is 2.46. The number of nitrogens with one attached hydrogen (secondary N) is 2. The molecule has 2 fully saturated rings. The van der Waals surface area contributed by atoms with Crippen molar-refractivity contribution in [2.75, 3.05) is 66.6 Å². The summed E-state index contributed by atoms with van der Waals surface area (Å²) >= 11 is 0. The summed E-state index contributed by atoms with van der Waals surface area (Å²) < 4.78 is 4.96. The molecular formula is C21H34IN5O2. The molecule has 2 atom stereocenters. The zero-order chi connectivity index (χ0) is 19.8. The van der Waals surface area contributed by atoms with E-state index < -0.39 is 0 Å². The second-order valence-electron chi connectivity index (χ2n) is 7.55. The van der Waals surface area contributed by atoms with E-state index in [0.717, 1.165) is 38.7 Å². The maximum atomic E-state index is 11.9. The second kappa shape index (κ2) is 12.3. The van der Waals surface area contributed by atoms with Gasteiger partial charge in [-0.2, -0.15) is 0 Å². The molecule has 1 saturated carbocycles. The quantitative estimate of drug-likeness (QED) is 0.237. The Balaban J connectivity index is 0.00000300. The number of aliphatic imine (C=N–C) groups is 1. The van der Waals surface area contributed by atoms with E-state index >= 15 is 0 Å². The molecule has 0 spiro atoms. The predicted molar refractivity (Wildman–Crippen MR) is 127 cm³/mol. The highest BCUT2D eigenvalue weighted by atomic mass is 127. The van der Waals surface area contributed by atoms with Gasteiger partial charge in [0.2, 0.25) is 5.91 Å². The van der Waals surface area contributed by atoms with Gasteiger partial charge in [-0.3, -0.25) is 14.7 Å². The van der Waals surface area contributed by atoms with Crippen LogP contribution >= 0.6 is 24.0 Å². The van der Waals surface area contributed by atoms with Crippen LogP contribution in [0.4, 0.5) is 0 Å². The molecule has 1 aliphatic carbocycles. The van der Waals surface area contributed by atoms with E-state index in [1.54, 1.807) is 7.11 Å². The molecule has 162 valence electrons. The number of amides is 1. The normalized spacial score (nSPS) is 22.0. The van der Waals surface area contributed by atoms with E-state index in [1.807, 2.05) is 7.05 Å². The average Bonchev–Trinajstić information content (AvgIpc) is 3.50. The molecule has 3 rings (SSSR count). The number of hydrogen-bond donors (Lipinski definition) is 2. The van der Waals surface area contributed by atoms with Gasteiger partial charge in [-0.25, -0.2) is 0 Å². The van der Waals surface area contributed by atoms with Gasteiger partial charge < -0.3 is 20.3 Å². The zero-order valence-electron chi connectivity index (χ0n) is 17.5. The fourth-order valence-electron chi connectivity index (χ4n) is 3.81. The summed E-state index contributed by atoms with van der Waals surface area (Å²) in [5, 5.41) is 6.43. The van der Waals surface area contributed by atoms with E-state index in [0.29, 0.717) is 31.5 Å². The van der Waals surface area contributed by atoms with Crippen molar-refractivity contribution in [1.29, 1.82) is 0 Å². The number of piperazine rings is 1. The van der Waals surface area contributed by atoms with E-state index in [9.17, 15) is 4.79 Å². The van der Waals surface area contributed by atoms with Gasteiger partial charge in [0.25, 0.3) is 0 Å². The number of rotatable bonds is 8. The number of benzene rings is 1. The number of nitrogens with zero attached hydrogens (tertiary/aromatic N) is 3. The highest BCUT2D eigenvalue weighted by molar-refractivity contribution is 14.0. The molecule has 0 aromatic heterocycles. The molecule has 2 unspecified atom stereocenters. The Morgan fingerprint density at radius 2 is 1.90 bits per heavy atom. The van der Waals surface area contributed by atoms with Gasteiger partial charge in [0.15, 0.2) is 5.96 Å². The molecule has 29 heavy (non-hydrogen) atoms. The van der Waals surface area contributed by atoms with Crippen molar-refractivity contribution in [2.24, 2.45) is 10.9 Å². The number of hydrogen-bond acceptors (Lipinski definition) is 4. The molecular weight excluding hydrogens is 481 g/mol. The third kappa shape index (κ3) is 7.42. The van der Waals surface area contributed by atoms with Crippen LogP contribution < -0.4 is 10.6 Å². The zero-order valence-corrected chi connectivity index (χ0v) is 19.8. The molecule has 1 aromatic carbocycles. The van der Waals surface area contributed by atoms with Crippen LogP contribution in [0.3, 0.4) is 0 Å². The predicted octanol–water partition coefficient (Wildman–Crippen LogP) is 1.36. The highest BCUT2D eigenvalue weighted by Gasteiger charge is 2.38. The van der Waals surface area contributed by atoms with Crippen molar-refractivity contribution in [3.05, 3.63) is 35.9 Å². The van der Waals surface area contributed by atoms with Crippen LogP contribution in [0.25, 0.3) is 0 Å². The molecule has 1 heterocycles. The average molecular weight is 515 g/mol. The van der Waals surface area contributed by atoms with E-state index in [-0.39, 0.29) is 29.9 Å². The van der Waals surface area contributed by atoms with Gasteiger partial charge in [-0.15, -0.1) is 24.0 Å². The smallest absolute Gasteiger partial charge is 0.234 e. The number of halogens is 1. The number of guanidine groups is 1. The van der Waals surface area contributed by atoms with E-state index in [4.69, 9.17) is 4.74 Å². The topological polar surface area (TPSA) is 69.2 Å². The maximum Gasteiger partial charge on any atom is 0.234 e. The van der Waals surface area contributed by atoms with Crippen molar-refractivity contribution >= 4 is 35.8 Å². The number of carbonyl (C=O) groups is 1. The molecule has 1 saturated heterocycles. The Labute approximate surface area is 191 Å². The van der Waals surface area contributed by atoms with E-state index in [1.165, 1.54) is 12.0 Å². The molecule has 2 aliphatic rings. The maximum absolute atomic E-state index is 11.9. The van der Waals surface area contributed by atoms with Crippen molar-refractivity contribution in [3.8, 4) is 0 Å². The van der Waals surface area contributed by atoms with Crippen LogP contribution in [0.2, 0.25) is 0 Å². The monoisotopic (exact) mass is 515 g/mol.